The minimum atomic E-state index is -0.996. The number of esters is 1. The van der Waals surface area contributed by atoms with Gasteiger partial charge in [-0.3, -0.25) is 4.79 Å². The molecule has 0 saturated heterocycles. The number of nitrogens with one attached hydrogen (secondary N) is 1. The molecule has 0 unspecified atom stereocenters. The maximum atomic E-state index is 12.1. The molecule has 1 amide bonds. The summed E-state index contributed by atoms with van der Waals surface area (Å²) in [7, 11) is 1.55. The number of rotatable bonds is 8. The Bertz CT molecular complexity index is 852. The SMILES string of the molecule is CCOc1cc(/C=C/C(=O)O[C@@H](C)C(=O)Nc2ccc(Cl)cn2)ccc1OC. The lowest BCUT2D eigenvalue weighted by Gasteiger charge is -2.12. The van der Waals surface area contributed by atoms with Crippen LogP contribution in [0, 0.1) is 0 Å². The first-order valence-electron chi connectivity index (χ1n) is 8.55. The molecule has 1 aromatic carbocycles. The van der Waals surface area contributed by atoms with E-state index in [2.05, 4.69) is 10.3 Å². The van der Waals surface area contributed by atoms with E-state index in [1.165, 1.54) is 19.2 Å². The molecule has 148 valence electrons. The van der Waals surface area contributed by atoms with Crippen molar-refractivity contribution in [2.75, 3.05) is 19.0 Å². The Hall–Kier alpha value is -3.06. The number of nitrogens with zero attached hydrogens (tertiary/aromatic N) is 1. The highest BCUT2D eigenvalue weighted by atomic mass is 35.5. The first kappa shape index (κ1) is 21.2. The maximum absolute atomic E-state index is 12.1. The van der Waals surface area contributed by atoms with Crippen LogP contribution in [-0.2, 0) is 14.3 Å². The van der Waals surface area contributed by atoms with Crippen LogP contribution in [0.1, 0.15) is 19.4 Å². The zero-order valence-corrected chi connectivity index (χ0v) is 16.5. The number of hydrogen-bond donors (Lipinski definition) is 1. The number of anilines is 1. The molecule has 0 fully saturated rings. The Morgan fingerprint density at radius 3 is 2.68 bits per heavy atom. The van der Waals surface area contributed by atoms with Crippen LogP contribution >= 0.6 is 11.6 Å². The lowest BCUT2D eigenvalue weighted by molar-refractivity contribution is -0.148. The van der Waals surface area contributed by atoms with Crippen LogP contribution < -0.4 is 14.8 Å². The first-order chi connectivity index (χ1) is 13.4. The van der Waals surface area contributed by atoms with Crippen LogP contribution in [0.2, 0.25) is 5.02 Å². The van der Waals surface area contributed by atoms with Gasteiger partial charge in [-0.25, -0.2) is 9.78 Å². The second-order valence-electron chi connectivity index (χ2n) is 5.61. The fourth-order valence-electron chi connectivity index (χ4n) is 2.17. The van der Waals surface area contributed by atoms with Crippen molar-refractivity contribution in [3.8, 4) is 11.5 Å². The zero-order chi connectivity index (χ0) is 20.5. The van der Waals surface area contributed by atoms with Gasteiger partial charge in [0.25, 0.3) is 5.91 Å². The first-order valence-corrected chi connectivity index (χ1v) is 8.92. The standard InChI is InChI=1S/C20H21ClN2O5/c1-4-27-17-11-14(5-8-16(17)26-3)6-10-19(24)28-13(2)20(25)23-18-9-7-15(21)12-22-18/h5-13H,4H2,1-3H3,(H,22,23,25)/b10-6+/t13-/m0/s1. The summed E-state index contributed by atoms with van der Waals surface area (Å²) in [5.74, 6) is 0.334. The van der Waals surface area contributed by atoms with Crippen molar-refractivity contribution in [1.82, 2.24) is 4.98 Å². The number of amides is 1. The lowest BCUT2D eigenvalue weighted by atomic mass is 10.2. The summed E-state index contributed by atoms with van der Waals surface area (Å²) in [4.78, 5) is 28.0. The second kappa shape index (κ2) is 10.3. The van der Waals surface area contributed by atoms with Crippen molar-refractivity contribution in [2.45, 2.75) is 20.0 Å². The van der Waals surface area contributed by atoms with E-state index >= 15 is 0 Å². The van der Waals surface area contributed by atoms with Gasteiger partial charge in [0.1, 0.15) is 5.82 Å². The second-order valence-corrected chi connectivity index (χ2v) is 6.04. The highest BCUT2D eigenvalue weighted by Gasteiger charge is 2.17. The fraction of sp³-hybridized carbons (Fsp3) is 0.250. The van der Waals surface area contributed by atoms with E-state index in [-0.39, 0.29) is 0 Å². The summed E-state index contributed by atoms with van der Waals surface area (Å²) < 4.78 is 15.8. The van der Waals surface area contributed by atoms with Crippen molar-refractivity contribution in [3.05, 3.63) is 53.2 Å². The van der Waals surface area contributed by atoms with Gasteiger partial charge in [-0.15, -0.1) is 0 Å². The van der Waals surface area contributed by atoms with Gasteiger partial charge in [0.05, 0.1) is 18.7 Å². The molecule has 1 atom stereocenters. The predicted molar refractivity (Wildman–Crippen MR) is 107 cm³/mol. The van der Waals surface area contributed by atoms with Crippen molar-refractivity contribution < 1.29 is 23.8 Å². The Morgan fingerprint density at radius 1 is 1.25 bits per heavy atom. The van der Waals surface area contributed by atoms with Gasteiger partial charge in [0.15, 0.2) is 17.6 Å². The van der Waals surface area contributed by atoms with Gasteiger partial charge in [0.2, 0.25) is 0 Å². The minimum absolute atomic E-state index is 0.314. The van der Waals surface area contributed by atoms with Crippen molar-refractivity contribution in [1.29, 1.82) is 0 Å². The Kier molecular flexibility index (Phi) is 7.83. The number of halogens is 1. The molecule has 28 heavy (non-hydrogen) atoms. The van der Waals surface area contributed by atoms with Crippen LogP contribution in [0.15, 0.2) is 42.6 Å². The van der Waals surface area contributed by atoms with Crippen LogP contribution in [-0.4, -0.2) is 36.7 Å². The topological polar surface area (TPSA) is 86.8 Å². The average Bonchev–Trinajstić information content (AvgIpc) is 2.68. The Labute approximate surface area is 168 Å². The van der Waals surface area contributed by atoms with Crippen molar-refractivity contribution >= 4 is 35.4 Å². The van der Waals surface area contributed by atoms with Gasteiger partial charge in [-0.05, 0) is 49.8 Å². The molecule has 0 radical (unpaired) electrons. The van der Waals surface area contributed by atoms with E-state index in [9.17, 15) is 9.59 Å². The van der Waals surface area contributed by atoms with Gasteiger partial charge < -0.3 is 19.5 Å². The normalized spacial score (nSPS) is 11.7. The van der Waals surface area contributed by atoms with E-state index in [0.29, 0.717) is 28.9 Å². The van der Waals surface area contributed by atoms with Gasteiger partial charge in [-0.2, -0.15) is 0 Å². The monoisotopic (exact) mass is 404 g/mol. The third-order valence-electron chi connectivity index (χ3n) is 3.54. The van der Waals surface area contributed by atoms with Gasteiger partial charge in [0, 0.05) is 12.3 Å². The highest BCUT2D eigenvalue weighted by molar-refractivity contribution is 6.30. The highest BCUT2D eigenvalue weighted by Crippen LogP contribution is 2.28. The molecule has 1 heterocycles. The summed E-state index contributed by atoms with van der Waals surface area (Å²) in [6.07, 6.45) is 3.21. The van der Waals surface area contributed by atoms with Gasteiger partial charge >= 0.3 is 5.97 Å². The number of carbonyl (C=O) groups is 2. The summed E-state index contributed by atoms with van der Waals surface area (Å²) in [5.41, 5.74) is 0.726. The van der Waals surface area contributed by atoms with Gasteiger partial charge in [-0.1, -0.05) is 17.7 Å². The average molecular weight is 405 g/mol. The zero-order valence-electron chi connectivity index (χ0n) is 15.8. The number of pyridine rings is 1. The van der Waals surface area contributed by atoms with E-state index < -0.39 is 18.0 Å². The Balaban J connectivity index is 1.94. The summed E-state index contributed by atoms with van der Waals surface area (Å²) in [6, 6.07) is 8.40. The molecular formula is C20H21ClN2O5. The van der Waals surface area contributed by atoms with Crippen LogP contribution in [0.4, 0.5) is 5.82 Å². The van der Waals surface area contributed by atoms with Crippen molar-refractivity contribution in [2.24, 2.45) is 0 Å². The molecule has 7 nitrogen and oxygen atoms in total. The molecule has 1 aromatic heterocycles. The number of methoxy groups -OCH3 is 1. The number of aromatic nitrogens is 1. The van der Waals surface area contributed by atoms with Crippen molar-refractivity contribution in [3.63, 3.8) is 0 Å². The Morgan fingerprint density at radius 2 is 2.04 bits per heavy atom. The molecule has 8 heteroatoms. The smallest absolute Gasteiger partial charge is 0.331 e. The molecular weight excluding hydrogens is 384 g/mol. The fourth-order valence-corrected chi connectivity index (χ4v) is 2.29. The molecule has 0 aliphatic carbocycles. The molecule has 0 aliphatic rings. The molecule has 0 bridgehead atoms. The number of hydrogen-bond acceptors (Lipinski definition) is 6. The lowest BCUT2D eigenvalue weighted by Crippen LogP contribution is -2.29. The molecule has 2 rings (SSSR count). The molecule has 0 aliphatic heterocycles. The minimum Gasteiger partial charge on any atom is -0.493 e. The molecule has 1 N–H and O–H groups in total. The number of benzene rings is 1. The molecule has 0 spiro atoms. The third-order valence-corrected chi connectivity index (χ3v) is 3.76. The van der Waals surface area contributed by atoms with E-state index in [0.717, 1.165) is 5.56 Å². The largest absolute Gasteiger partial charge is 0.493 e. The molecule has 0 saturated carbocycles. The predicted octanol–water partition coefficient (Wildman–Crippen LogP) is 3.73. The summed E-state index contributed by atoms with van der Waals surface area (Å²) >= 11 is 5.74. The number of carbonyl (C=O) groups excluding carboxylic acids is 2. The maximum Gasteiger partial charge on any atom is 0.331 e. The van der Waals surface area contributed by atoms with E-state index in [1.54, 1.807) is 43.5 Å². The molecule has 2 aromatic rings. The van der Waals surface area contributed by atoms with Crippen LogP contribution in [0.5, 0.6) is 11.5 Å². The number of ether oxygens (including phenoxy) is 3. The van der Waals surface area contributed by atoms with Crippen LogP contribution in [0.25, 0.3) is 6.08 Å². The van der Waals surface area contributed by atoms with E-state index in [4.69, 9.17) is 25.8 Å². The van der Waals surface area contributed by atoms with Crippen LogP contribution in [0.3, 0.4) is 0 Å². The third kappa shape index (κ3) is 6.28. The summed E-state index contributed by atoms with van der Waals surface area (Å²) in [5, 5.41) is 2.99. The quantitative estimate of drug-likeness (QED) is 0.533. The van der Waals surface area contributed by atoms with E-state index in [1.807, 2.05) is 6.92 Å². The summed E-state index contributed by atoms with van der Waals surface area (Å²) in [6.45, 7) is 3.82.